The molecule has 0 atom stereocenters. The van der Waals surface area contributed by atoms with Crippen LogP contribution in [-0.2, 0) is 10.0 Å². The molecule has 0 fully saturated rings. The van der Waals surface area contributed by atoms with Crippen molar-refractivity contribution in [2.24, 2.45) is 5.11 Å². The lowest BCUT2D eigenvalue weighted by molar-refractivity contribution is 0.0929. The number of carbonyl (C=O) groups is 1. The van der Waals surface area contributed by atoms with E-state index in [1.165, 1.54) is 13.1 Å². The Kier molecular flexibility index (Phi) is 5.59. The zero-order chi connectivity index (χ0) is 17.6. The van der Waals surface area contributed by atoms with Crippen LogP contribution < -0.4 is 10.0 Å². The van der Waals surface area contributed by atoms with E-state index in [-0.39, 0.29) is 18.1 Å². The van der Waals surface area contributed by atoms with Crippen molar-refractivity contribution in [3.63, 3.8) is 0 Å². The van der Waals surface area contributed by atoms with Crippen LogP contribution in [0.3, 0.4) is 0 Å². The van der Waals surface area contributed by atoms with Gasteiger partial charge in [-0.1, -0.05) is 29.4 Å². The second kappa shape index (κ2) is 7.64. The van der Waals surface area contributed by atoms with Gasteiger partial charge in [-0.25, -0.2) is 13.1 Å². The zero-order valence-electron chi connectivity index (χ0n) is 12.8. The van der Waals surface area contributed by atoms with E-state index in [4.69, 9.17) is 9.95 Å². The summed E-state index contributed by atoms with van der Waals surface area (Å²) in [6.07, 6.45) is 0. The van der Waals surface area contributed by atoms with E-state index >= 15 is 0 Å². The minimum atomic E-state index is -3.37. The Balaban J connectivity index is 2.01. The molecule has 0 aliphatic rings. The van der Waals surface area contributed by atoms with Crippen LogP contribution in [0.2, 0.25) is 0 Å². The molecule has 9 nitrogen and oxygen atoms in total. The Morgan fingerprint density at radius 2 is 1.96 bits per heavy atom. The van der Waals surface area contributed by atoms with Crippen LogP contribution in [0.15, 0.2) is 45.9 Å². The van der Waals surface area contributed by atoms with Gasteiger partial charge in [-0.2, -0.15) is 0 Å². The highest BCUT2D eigenvalue weighted by atomic mass is 32.2. The van der Waals surface area contributed by atoms with Gasteiger partial charge in [0.1, 0.15) is 5.76 Å². The standard InChI is InChI=1S/C14H15N5O4S/c1-16-24(21,22)9-8-17-14(20)13-7-6-12(23-13)10-2-4-11(5-3-10)18-19-15/h2-7,16H,8-9H2,1H3,(H,17,20). The number of benzene rings is 1. The first-order valence-corrected chi connectivity index (χ1v) is 8.55. The number of furan rings is 1. The fourth-order valence-corrected chi connectivity index (χ4v) is 2.42. The van der Waals surface area contributed by atoms with E-state index in [9.17, 15) is 13.2 Å². The van der Waals surface area contributed by atoms with Gasteiger partial charge >= 0.3 is 0 Å². The van der Waals surface area contributed by atoms with Crippen LogP contribution in [-0.4, -0.2) is 33.7 Å². The lowest BCUT2D eigenvalue weighted by Crippen LogP contribution is -2.32. The second-order valence-corrected chi connectivity index (χ2v) is 6.73. The molecule has 1 amide bonds. The van der Waals surface area contributed by atoms with E-state index in [1.54, 1.807) is 30.3 Å². The van der Waals surface area contributed by atoms with Crippen molar-refractivity contribution in [3.05, 3.63) is 52.6 Å². The average Bonchev–Trinajstić information content (AvgIpc) is 3.06. The highest BCUT2D eigenvalue weighted by Gasteiger charge is 2.13. The fourth-order valence-electron chi connectivity index (χ4n) is 1.85. The number of nitrogens with one attached hydrogen (secondary N) is 2. The van der Waals surface area contributed by atoms with Crippen molar-refractivity contribution in [3.8, 4) is 11.3 Å². The molecule has 0 unspecified atom stereocenters. The number of sulfonamides is 1. The molecule has 0 radical (unpaired) electrons. The minimum Gasteiger partial charge on any atom is -0.451 e. The Labute approximate surface area is 138 Å². The van der Waals surface area contributed by atoms with Crippen LogP contribution in [0.25, 0.3) is 21.8 Å². The molecule has 0 spiro atoms. The first kappa shape index (κ1) is 17.5. The molecule has 1 aromatic heterocycles. The third-order valence-corrected chi connectivity index (χ3v) is 4.47. The van der Waals surface area contributed by atoms with Gasteiger partial charge in [0.15, 0.2) is 5.76 Å². The number of carbonyl (C=O) groups excluding carboxylic acids is 1. The van der Waals surface area contributed by atoms with Crippen molar-refractivity contribution < 1.29 is 17.6 Å². The minimum absolute atomic E-state index is 0.0289. The molecule has 1 aromatic carbocycles. The fraction of sp³-hybridized carbons (Fsp3) is 0.214. The molecule has 0 bridgehead atoms. The molecule has 0 aliphatic heterocycles. The molecule has 2 aromatic rings. The van der Waals surface area contributed by atoms with E-state index in [2.05, 4.69) is 20.1 Å². The number of nitrogens with zero attached hydrogens (tertiary/aromatic N) is 3. The summed E-state index contributed by atoms with van der Waals surface area (Å²) in [7, 11) is -2.06. The van der Waals surface area contributed by atoms with Gasteiger partial charge in [0.05, 0.1) is 5.75 Å². The smallest absolute Gasteiger partial charge is 0.287 e. The van der Waals surface area contributed by atoms with Gasteiger partial charge in [-0.3, -0.25) is 4.79 Å². The van der Waals surface area contributed by atoms with E-state index in [0.29, 0.717) is 17.0 Å². The van der Waals surface area contributed by atoms with E-state index in [0.717, 1.165) is 0 Å². The van der Waals surface area contributed by atoms with Crippen molar-refractivity contribution in [2.75, 3.05) is 19.3 Å². The largest absolute Gasteiger partial charge is 0.451 e. The summed E-state index contributed by atoms with van der Waals surface area (Å²) < 4.78 is 30.2. The maximum atomic E-state index is 11.9. The van der Waals surface area contributed by atoms with Crippen molar-refractivity contribution in [1.29, 1.82) is 0 Å². The molecule has 2 N–H and O–H groups in total. The monoisotopic (exact) mass is 349 g/mol. The molecular weight excluding hydrogens is 334 g/mol. The summed E-state index contributed by atoms with van der Waals surface area (Å²) in [6.45, 7) is -0.0289. The Morgan fingerprint density at radius 1 is 1.25 bits per heavy atom. The number of amides is 1. The molecule has 10 heteroatoms. The third-order valence-electron chi connectivity index (χ3n) is 3.11. The van der Waals surface area contributed by atoms with E-state index in [1.807, 2.05) is 0 Å². The van der Waals surface area contributed by atoms with Crippen molar-refractivity contribution in [1.82, 2.24) is 10.0 Å². The predicted octanol–water partition coefficient (Wildman–Crippen LogP) is 2.17. The summed E-state index contributed by atoms with van der Waals surface area (Å²) in [5, 5.41) is 5.94. The SMILES string of the molecule is CNS(=O)(=O)CCNC(=O)c1ccc(-c2ccc(N=[N+]=[N-])cc2)o1. The maximum absolute atomic E-state index is 11.9. The van der Waals surface area contributed by atoms with Crippen molar-refractivity contribution >= 4 is 21.6 Å². The third kappa shape index (κ3) is 4.59. The first-order valence-electron chi connectivity index (χ1n) is 6.90. The summed E-state index contributed by atoms with van der Waals surface area (Å²) >= 11 is 0. The lowest BCUT2D eigenvalue weighted by Gasteiger charge is -2.04. The summed E-state index contributed by atoms with van der Waals surface area (Å²) in [5.41, 5.74) is 9.54. The molecule has 24 heavy (non-hydrogen) atoms. The summed E-state index contributed by atoms with van der Waals surface area (Å²) in [5.74, 6) is -0.177. The first-order chi connectivity index (χ1) is 11.4. The molecule has 126 valence electrons. The molecule has 2 rings (SSSR count). The number of hydrogen-bond acceptors (Lipinski definition) is 5. The Hall–Kier alpha value is -2.81. The Bertz CT molecular complexity index is 867. The van der Waals surface area contributed by atoms with Gasteiger partial charge in [0.25, 0.3) is 5.91 Å². The van der Waals surface area contributed by atoms with Crippen LogP contribution in [0.1, 0.15) is 10.6 Å². The van der Waals surface area contributed by atoms with Gasteiger partial charge in [0, 0.05) is 22.7 Å². The van der Waals surface area contributed by atoms with Gasteiger partial charge < -0.3 is 9.73 Å². The van der Waals surface area contributed by atoms with Crippen LogP contribution >= 0.6 is 0 Å². The number of rotatable bonds is 7. The normalized spacial score (nSPS) is 10.9. The van der Waals surface area contributed by atoms with Gasteiger partial charge in [-0.05, 0) is 24.7 Å². The van der Waals surface area contributed by atoms with E-state index < -0.39 is 15.9 Å². The highest BCUT2D eigenvalue weighted by molar-refractivity contribution is 7.89. The maximum Gasteiger partial charge on any atom is 0.287 e. The molecule has 1 heterocycles. The summed E-state index contributed by atoms with van der Waals surface area (Å²) in [6, 6.07) is 9.77. The van der Waals surface area contributed by atoms with Crippen LogP contribution in [0, 0.1) is 0 Å². The quantitative estimate of drug-likeness (QED) is 0.449. The van der Waals surface area contributed by atoms with Gasteiger partial charge in [0.2, 0.25) is 10.0 Å². The number of azide groups is 1. The lowest BCUT2D eigenvalue weighted by atomic mass is 10.1. The average molecular weight is 349 g/mol. The molecule has 0 saturated carbocycles. The van der Waals surface area contributed by atoms with Crippen molar-refractivity contribution in [2.45, 2.75) is 0 Å². The predicted molar refractivity (Wildman–Crippen MR) is 88.1 cm³/mol. The van der Waals surface area contributed by atoms with Gasteiger partial charge in [-0.15, -0.1) is 0 Å². The molecule has 0 aliphatic carbocycles. The Morgan fingerprint density at radius 3 is 2.58 bits per heavy atom. The highest BCUT2D eigenvalue weighted by Crippen LogP contribution is 2.24. The zero-order valence-corrected chi connectivity index (χ0v) is 13.6. The second-order valence-electron chi connectivity index (χ2n) is 4.68. The topological polar surface area (TPSA) is 137 Å². The molecule has 0 saturated heterocycles. The number of hydrogen-bond donors (Lipinski definition) is 2. The molecular formula is C14H15N5O4S. The summed E-state index contributed by atoms with van der Waals surface area (Å²) in [4.78, 5) is 14.6. The van der Waals surface area contributed by atoms with Crippen LogP contribution in [0.4, 0.5) is 5.69 Å². The van der Waals surface area contributed by atoms with Crippen LogP contribution in [0.5, 0.6) is 0 Å².